The number of benzene rings is 4. The summed E-state index contributed by atoms with van der Waals surface area (Å²) in [6, 6.07) is 27.8. The predicted molar refractivity (Wildman–Crippen MR) is 155 cm³/mol. The van der Waals surface area contributed by atoms with Crippen LogP contribution in [0.15, 0.2) is 90.5 Å². The van der Waals surface area contributed by atoms with Crippen molar-refractivity contribution in [2.45, 2.75) is 17.2 Å². The van der Waals surface area contributed by atoms with E-state index in [1.54, 1.807) is 0 Å². The Hall–Kier alpha value is -2.99. The van der Waals surface area contributed by atoms with Crippen LogP contribution in [0.5, 0.6) is 0 Å². The van der Waals surface area contributed by atoms with E-state index in [2.05, 4.69) is 41.1 Å². The Balaban J connectivity index is 1.48. The van der Waals surface area contributed by atoms with Crippen LogP contribution in [0.2, 0.25) is 10.0 Å². The van der Waals surface area contributed by atoms with E-state index in [1.807, 2.05) is 66.7 Å². The topological polar surface area (TPSA) is 43.8 Å². The lowest BCUT2D eigenvalue weighted by atomic mass is 9.57. The average Bonchev–Trinajstić information content (AvgIpc) is 3.42. The lowest BCUT2D eigenvalue weighted by Crippen LogP contribution is -2.60. The van der Waals surface area contributed by atoms with E-state index < -0.39 is 16.7 Å². The SMILES string of the molecule is CN1C[C@H](c2ccccc2Cl)[C@@]23CN(C/C(=C\c4ccccc4Cl)C2=O)[C@@]2(O)c4cccc5cccc(c45)[C@@]132. The van der Waals surface area contributed by atoms with Crippen LogP contribution in [0.3, 0.4) is 0 Å². The van der Waals surface area contributed by atoms with E-state index in [4.69, 9.17) is 23.2 Å². The van der Waals surface area contributed by atoms with Gasteiger partial charge < -0.3 is 5.11 Å². The van der Waals surface area contributed by atoms with Gasteiger partial charge in [0.15, 0.2) is 11.5 Å². The van der Waals surface area contributed by atoms with Crippen molar-refractivity contribution in [1.29, 1.82) is 0 Å². The molecule has 2 bridgehead atoms. The van der Waals surface area contributed by atoms with Crippen LogP contribution in [0.4, 0.5) is 0 Å². The number of halogens is 2. The van der Waals surface area contributed by atoms with Crippen molar-refractivity contribution >= 4 is 45.8 Å². The summed E-state index contributed by atoms with van der Waals surface area (Å²) >= 11 is 13.4. The summed E-state index contributed by atoms with van der Waals surface area (Å²) in [6.07, 6.45) is 1.92. The van der Waals surface area contributed by atoms with Gasteiger partial charge >= 0.3 is 0 Å². The maximum Gasteiger partial charge on any atom is 0.170 e. The highest BCUT2D eigenvalue weighted by Crippen LogP contribution is 2.76. The zero-order valence-electron chi connectivity index (χ0n) is 21.4. The first-order valence-electron chi connectivity index (χ1n) is 13.3. The predicted octanol–water partition coefficient (Wildman–Crippen LogP) is 6.20. The molecule has 6 heteroatoms. The van der Waals surface area contributed by atoms with Crippen molar-refractivity contribution in [3.63, 3.8) is 0 Å². The largest absolute Gasteiger partial charge is 0.369 e. The van der Waals surface area contributed by atoms with E-state index >= 15 is 4.79 Å². The highest BCUT2D eigenvalue weighted by atomic mass is 35.5. The summed E-state index contributed by atoms with van der Waals surface area (Å²) in [7, 11) is 2.06. The van der Waals surface area contributed by atoms with Gasteiger partial charge in [0.2, 0.25) is 0 Å². The number of fused-ring (bicyclic) bond motifs is 3. The Morgan fingerprint density at radius 2 is 1.59 bits per heavy atom. The van der Waals surface area contributed by atoms with Gasteiger partial charge in [-0.15, -0.1) is 0 Å². The minimum Gasteiger partial charge on any atom is -0.369 e. The molecular weight excluding hydrogens is 527 g/mol. The first-order valence-corrected chi connectivity index (χ1v) is 14.1. The summed E-state index contributed by atoms with van der Waals surface area (Å²) < 4.78 is 0. The molecule has 4 aromatic carbocycles. The maximum atomic E-state index is 15.2. The standard InChI is InChI=1S/C33H26Cl2N2O2/c1-36-18-26(23-11-3-5-15-28(23)35)31-19-37(17-22(30(31)38)16-21-8-2-4-14-27(21)34)33(39)25-13-7-10-20-9-6-12-24(29(20)25)32(31,33)36/h2-16,26,39H,17-19H2,1H3/b22-16+/t26-,31+,32-,33-/m1/s1. The Morgan fingerprint density at radius 3 is 2.33 bits per heavy atom. The van der Waals surface area contributed by atoms with Crippen LogP contribution < -0.4 is 0 Å². The maximum absolute atomic E-state index is 15.2. The number of ketones is 1. The Morgan fingerprint density at radius 1 is 0.897 bits per heavy atom. The number of likely N-dealkylation sites (tertiary alicyclic amines) is 1. The zero-order chi connectivity index (χ0) is 26.7. The lowest BCUT2D eigenvalue weighted by Gasteiger charge is -2.47. The molecule has 0 aromatic heterocycles. The van der Waals surface area contributed by atoms with E-state index in [-0.39, 0.29) is 11.7 Å². The van der Waals surface area contributed by atoms with Crippen molar-refractivity contribution in [2.75, 3.05) is 26.7 Å². The summed E-state index contributed by atoms with van der Waals surface area (Å²) in [5.74, 6) is -0.159. The van der Waals surface area contributed by atoms with Gasteiger partial charge in [-0.2, -0.15) is 0 Å². The second-order valence-corrected chi connectivity index (χ2v) is 12.2. The highest BCUT2D eigenvalue weighted by molar-refractivity contribution is 6.32. The fourth-order valence-corrected chi connectivity index (χ4v) is 9.14. The first-order chi connectivity index (χ1) is 18.9. The molecule has 3 fully saturated rings. The van der Waals surface area contributed by atoms with Gasteiger partial charge in [-0.1, -0.05) is 96.0 Å². The molecule has 8 rings (SSSR count). The molecule has 4 nitrogen and oxygen atoms in total. The molecule has 1 unspecified atom stereocenters. The Kier molecular flexibility index (Phi) is 4.78. The summed E-state index contributed by atoms with van der Waals surface area (Å²) in [5.41, 5.74) is 0.945. The summed E-state index contributed by atoms with van der Waals surface area (Å²) in [4.78, 5) is 19.5. The number of hydrogen-bond acceptors (Lipinski definition) is 4. The monoisotopic (exact) mass is 552 g/mol. The van der Waals surface area contributed by atoms with Crippen molar-refractivity contribution in [3.05, 3.63) is 123 Å². The minimum atomic E-state index is -1.40. The molecular formula is C33H26Cl2N2O2. The van der Waals surface area contributed by atoms with Gasteiger partial charge in [-0.25, -0.2) is 0 Å². The molecule has 1 aliphatic carbocycles. The van der Waals surface area contributed by atoms with Gasteiger partial charge in [0, 0.05) is 46.7 Å². The third kappa shape index (κ3) is 2.56. The fourth-order valence-electron chi connectivity index (χ4n) is 8.68. The molecule has 4 aliphatic rings. The van der Waals surface area contributed by atoms with Crippen molar-refractivity contribution in [3.8, 4) is 0 Å². The number of nitrogens with zero attached hydrogens (tertiary/aromatic N) is 2. The van der Waals surface area contributed by atoms with Crippen LogP contribution in [0.1, 0.15) is 28.2 Å². The molecule has 0 amide bonds. The van der Waals surface area contributed by atoms with Crippen LogP contribution in [-0.2, 0) is 16.1 Å². The molecule has 3 heterocycles. The van der Waals surface area contributed by atoms with Crippen LogP contribution >= 0.6 is 23.2 Å². The molecule has 0 radical (unpaired) electrons. The second kappa shape index (κ2) is 7.81. The number of piperidine rings is 1. The third-order valence-corrected chi connectivity index (χ3v) is 10.6. The number of carbonyl (C=O) groups excluding carboxylic acids is 1. The number of carbonyl (C=O) groups is 1. The van der Waals surface area contributed by atoms with Crippen LogP contribution in [0.25, 0.3) is 16.8 Å². The molecule has 3 saturated heterocycles. The molecule has 1 N–H and O–H groups in total. The Bertz CT molecular complexity index is 1760. The first kappa shape index (κ1) is 23.9. The van der Waals surface area contributed by atoms with Crippen molar-refractivity contribution < 1.29 is 9.90 Å². The molecule has 3 aliphatic heterocycles. The van der Waals surface area contributed by atoms with Crippen molar-refractivity contribution in [1.82, 2.24) is 9.80 Å². The number of hydrogen-bond donors (Lipinski definition) is 1. The molecule has 4 aromatic rings. The molecule has 2 spiro atoms. The number of Topliss-reactive ketones (excluding diaryl/α,β-unsaturated/α-hetero) is 1. The zero-order valence-corrected chi connectivity index (χ0v) is 22.9. The quantitative estimate of drug-likeness (QED) is 0.301. The lowest BCUT2D eigenvalue weighted by molar-refractivity contribution is -0.168. The van der Waals surface area contributed by atoms with Gasteiger partial charge in [0.05, 0.1) is 5.41 Å². The summed E-state index contributed by atoms with van der Waals surface area (Å²) in [6.45, 7) is 1.36. The van der Waals surface area contributed by atoms with E-state index in [1.165, 1.54) is 0 Å². The number of aliphatic hydroxyl groups is 1. The molecule has 0 saturated carbocycles. The number of rotatable bonds is 2. The second-order valence-electron chi connectivity index (χ2n) is 11.4. The summed E-state index contributed by atoms with van der Waals surface area (Å²) in [5, 5.41) is 16.6. The van der Waals surface area contributed by atoms with Crippen LogP contribution in [0, 0.1) is 5.41 Å². The molecule has 194 valence electrons. The van der Waals surface area contributed by atoms with E-state index in [0.29, 0.717) is 35.3 Å². The fraction of sp³-hybridized carbons (Fsp3) is 0.242. The van der Waals surface area contributed by atoms with Gasteiger partial charge in [0.25, 0.3) is 0 Å². The van der Waals surface area contributed by atoms with Crippen molar-refractivity contribution in [2.24, 2.45) is 5.41 Å². The smallest absolute Gasteiger partial charge is 0.170 e. The number of likely N-dealkylation sites (N-methyl/N-ethyl adjacent to an activating group) is 1. The third-order valence-electron chi connectivity index (χ3n) is 9.92. The molecule has 5 atom stereocenters. The van der Waals surface area contributed by atoms with Crippen LogP contribution in [-0.4, -0.2) is 47.4 Å². The van der Waals surface area contributed by atoms with Gasteiger partial charge in [-0.3, -0.25) is 14.6 Å². The molecule has 39 heavy (non-hydrogen) atoms. The van der Waals surface area contributed by atoms with E-state index in [0.717, 1.165) is 33.0 Å². The Labute approximate surface area is 237 Å². The minimum absolute atomic E-state index is 0.0636. The van der Waals surface area contributed by atoms with Gasteiger partial charge in [-0.05, 0) is 52.7 Å². The van der Waals surface area contributed by atoms with Gasteiger partial charge in [0.1, 0.15) is 5.54 Å². The van der Waals surface area contributed by atoms with E-state index in [9.17, 15) is 5.11 Å². The normalized spacial score (nSPS) is 33.6. The average molecular weight is 553 g/mol. The highest BCUT2D eigenvalue weighted by Gasteiger charge is 2.85.